The van der Waals surface area contributed by atoms with Gasteiger partial charge in [0.25, 0.3) is 5.65 Å². The minimum Gasteiger partial charge on any atom is -0.451 e. The van der Waals surface area contributed by atoms with Crippen LogP contribution in [0.3, 0.4) is 0 Å². The molecule has 0 saturated carbocycles. The average molecular weight is 399 g/mol. The predicted molar refractivity (Wildman–Crippen MR) is 114 cm³/mol. The first-order valence-corrected chi connectivity index (χ1v) is 9.73. The van der Waals surface area contributed by atoms with E-state index in [2.05, 4.69) is 27.3 Å². The van der Waals surface area contributed by atoms with Crippen LogP contribution in [0.2, 0.25) is 0 Å². The maximum atomic E-state index is 14.6. The smallest absolute Gasteiger partial charge is 0.295 e. The lowest BCUT2D eigenvalue weighted by molar-refractivity contribution is -0.647. The number of hydrogen-bond acceptors (Lipinski definition) is 1. The summed E-state index contributed by atoms with van der Waals surface area (Å²) in [5.41, 5.74) is 4.59. The van der Waals surface area contributed by atoms with Crippen LogP contribution in [0.1, 0.15) is 5.56 Å². The van der Waals surface area contributed by atoms with E-state index in [0.717, 1.165) is 39.3 Å². The number of pyridine rings is 1. The van der Waals surface area contributed by atoms with Gasteiger partial charge >= 0.3 is 0 Å². The van der Waals surface area contributed by atoms with Crippen molar-refractivity contribution < 1.29 is 17.8 Å². The molecule has 5 heteroatoms. The fourth-order valence-corrected chi connectivity index (χ4v) is 4.58. The summed E-state index contributed by atoms with van der Waals surface area (Å²) in [6, 6.07) is 18.2. The second-order valence-corrected chi connectivity index (χ2v) is 7.68. The Morgan fingerprint density at radius 2 is 1.70 bits per heavy atom. The minimum atomic E-state index is -0.652. The largest absolute Gasteiger partial charge is 0.451 e. The molecule has 0 bridgehead atoms. The highest BCUT2D eigenvalue weighted by Crippen LogP contribution is 2.39. The van der Waals surface area contributed by atoms with Crippen LogP contribution in [0.5, 0.6) is 0 Å². The molecule has 0 aliphatic heterocycles. The second-order valence-electron chi connectivity index (χ2n) is 7.68. The first-order chi connectivity index (χ1) is 14.5. The lowest BCUT2D eigenvalue weighted by atomic mass is 10.1. The summed E-state index contributed by atoms with van der Waals surface area (Å²) in [6.07, 6.45) is 2.00. The van der Waals surface area contributed by atoms with E-state index in [1.165, 1.54) is 6.07 Å². The number of aromatic nitrogens is 2. The summed E-state index contributed by atoms with van der Waals surface area (Å²) >= 11 is 0. The number of aryl methyl sites for hydroxylation is 2. The third-order valence-corrected chi connectivity index (χ3v) is 5.85. The molecule has 3 heterocycles. The minimum absolute atomic E-state index is 0.208. The van der Waals surface area contributed by atoms with Gasteiger partial charge in [0.1, 0.15) is 22.7 Å². The highest BCUT2D eigenvalue weighted by Gasteiger charge is 2.27. The van der Waals surface area contributed by atoms with Gasteiger partial charge in [0.2, 0.25) is 0 Å². The average Bonchev–Trinajstić information content (AvgIpc) is 3.25. The SMILES string of the molecule is Cc1ccc2c(oc3cc(F)cc(F)c32)c1-n1c2ccccc2c2ccc[n+](C)c21. The topological polar surface area (TPSA) is 21.9 Å². The standard InChI is InChI=1S/C25H17F2N2O/c1-14-9-10-18-22-19(27)12-15(26)13-21(22)30-24(18)23(14)29-20-8-4-3-6-16(20)17-7-5-11-28(2)25(17)29/h3-13H,1-2H3/q+1. The zero-order chi connectivity index (χ0) is 20.6. The Morgan fingerprint density at radius 3 is 2.57 bits per heavy atom. The highest BCUT2D eigenvalue weighted by molar-refractivity contribution is 6.11. The summed E-state index contributed by atoms with van der Waals surface area (Å²) in [7, 11) is 2.00. The van der Waals surface area contributed by atoms with Crippen molar-refractivity contribution in [2.24, 2.45) is 7.05 Å². The van der Waals surface area contributed by atoms with Gasteiger partial charge < -0.3 is 4.42 Å². The Balaban J connectivity index is 1.88. The molecule has 0 saturated heterocycles. The van der Waals surface area contributed by atoms with E-state index >= 15 is 0 Å². The first-order valence-electron chi connectivity index (χ1n) is 9.73. The molecule has 0 atom stereocenters. The van der Waals surface area contributed by atoms with Gasteiger partial charge in [-0.1, -0.05) is 18.2 Å². The van der Waals surface area contributed by atoms with Crippen LogP contribution < -0.4 is 4.57 Å². The van der Waals surface area contributed by atoms with Crippen LogP contribution in [-0.4, -0.2) is 4.57 Å². The summed E-state index contributed by atoms with van der Waals surface area (Å²) in [5, 5.41) is 3.17. The van der Waals surface area contributed by atoms with Crippen molar-refractivity contribution in [2.45, 2.75) is 6.92 Å². The number of furan rings is 1. The van der Waals surface area contributed by atoms with E-state index in [1.807, 2.05) is 50.5 Å². The van der Waals surface area contributed by atoms with Gasteiger partial charge in [0.05, 0.1) is 24.0 Å². The maximum Gasteiger partial charge on any atom is 0.295 e. The van der Waals surface area contributed by atoms with Crippen LogP contribution in [0.4, 0.5) is 8.78 Å². The highest BCUT2D eigenvalue weighted by atomic mass is 19.1. The van der Waals surface area contributed by atoms with Crippen LogP contribution >= 0.6 is 0 Å². The van der Waals surface area contributed by atoms with Gasteiger partial charge in [-0.2, -0.15) is 4.57 Å². The zero-order valence-electron chi connectivity index (χ0n) is 16.4. The fourth-order valence-electron chi connectivity index (χ4n) is 4.58. The molecule has 30 heavy (non-hydrogen) atoms. The van der Waals surface area contributed by atoms with Crippen LogP contribution in [0.15, 0.2) is 71.3 Å². The number of halogens is 2. The number of fused-ring (bicyclic) bond motifs is 6. The Bertz CT molecular complexity index is 1640. The van der Waals surface area contributed by atoms with Gasteiger partial charge in [-0.3, -0.25) is 0 Å². The Morgan fingerprint density at radius 1 is 0.900 bits per heavy atom. The van der Waals surface area contributed by atoms with E-state index in [4.69, 9.17) is 4.42 Å². The molecule has 0 fully saturated rings. The van der Waals surface area contributed by atoms with Crippen LogP contribution in [-0.2, 0) is 7.05 Å². The van der Waals surface area contributed by atoms with Crippen molar-refractivity contribution >= 4 is 43.9 Å². The molecular weight excluding hydrogens is 382 g/mol. The van der Waals surface area contributed by atoms with Gasteiger partial charge in [0, 0.05) is 28.5 Å². The summed E-state index contributed by atoms with van der Waals surface area (Å²) in [5.74, 6) is -1.27. The van der Waals surface area contributed by atoms with Crippen molar-refractivity contribution in [1.29, 1.82) is 0 Å². The number of hydrogen-bond donors (Lipinski definition) is 0. The lowest BCUT2D eigenvalue weighted by Crippen LogP contribution is -2.30. The van der Waals surface area contributed by atoms with E-state index in [0.29, 0.717) is 16.4 Å². The van der Waals surface area contributed by atoms with Crippen molar-refractivity contribution in [1.82, 2.24) is 4.57 Å². The summed E-state index contributed by atoms with van der Waals surface area (Å²) < 4.78 is 38.8. The van der Waals surface area contributed by atoms with Crippen LogP contribution in [0.25, 0.3) is 49.6 Å². The fraction of sp³-hybridized carbons (Fsp3) is 0.0800. The van der Waals surface area contributed by atoms with E-state index in [1.54, 1.807) is 0 Å². The molecule has 0 amide bonds. The predicted octanol–water partition coefficient (Wildman–Crippen LogP) is 6.09. The third-order valence-electron chi connectivity index (χ3n) is 5.85. The molecule has 0 spiro atoms. The van der Waals surface area contributed by atoms with E-state index < -0.39 is 11.6 Å². The van der Waals surface area contributed by atoms with Crippen molar-refractivity contribution in [3.05, 3.63) is 84.1 Å². The van der Waals surface area contributed by atoms with E-state index in [9.17, 15) is 8.78 Å². The number of nitrogens with zero attached hydrogens (tertiary/aromatic N) is 2. The molecule has 0 aliphatic rings. The Hall–Kier alpha value is -3.73. The van der Waals surface area contributed by atoms with Gasteiger partial charge in [-0.15, -0.1) is 0 Å². The molecule has 3 aromatic carbocycles. The van der Waals surface area contributed by atoms with Gasteiger partial charge in [0.15, 0.2) is 11.3 Å². The number of para-hydroxylation sites is 1. The second kappa shape index (κ2) is 5.89. The molecule has 0 aliphatic carbocycles. The van der Waals surface area contributed by atoms with Gasteiger partial charge in [-0.05, 0) is 37.3 Å². The molecule has 6 rings (SSSR count). The third kappa shape index (κ3) is 2.15. The monoisotopic (exact) mass is 399 g/mol. The van der Waals surface area contributed by atoms with Crippen molar-refractivity contribution in [2.75, 3.05) is 0 Å². The molecule has 6 aromatic rings. The van der Waals surface area contributed by atoms with Crippen molar-refractivity contribution in [3.8, 4) is 5.69 Å². The Kier molecular flexibility index (Phi) is 3.37. The summed E-state index contributed by atoms with van der Waals surface area (Å²) in [4.78, 5) is 0. The molecule has 0 radical (unpaired) electrons. The first kappa shape index (κ1) is 17.2. The molecule has 3 nitrogen and oxygen atoms in total. The maximum absolute atomic E-state index is 14.6. The quantitative estimate of drug-likeness (QED) is 0.307. The lowest BCUT2D eigenvalue weighted by Gasteiger charge is -2.06. The Labute approximate surface area is 170 Å². The zero-order valence-corrected chi connectivity index (χ0v) is 16.4. The normalized spacial score (nSPS) is 12.0. The molecule has 0 unspecified atom stereocenters. The van der Waals surface area contributed by atoms with E-state index in [-0.39, 0.29) is 5.58 Å². The number of rotatable bonds is 1. The molecular formula is C25H17F2N2O+. The van der Waals surface area contributed by atoms with Crippen molar-refractivity contribution in [3.63, 3.8) is 0 Å². The molecule has 3 aromatic heterocycles. The van der Waals surface area contributed by atoms with Crippen LogP contribution in [0, 0.1) is 18.6 Å². The summed E-state index contributed by atoms with van der Waals surface area (Å²) in [6.45, 7) is 2.00. The molecule has 0 N–H and O–H groups in total. The van der Waals surface area contributed by atoms with Gasteiger partial charge in [-0.25, -0.2) is 13.3 Å². The number of benzene rings is 3. The molecule has 146 valence electrons.